The normalized spacial score (nSPS) is 19.7. The Balaban J connectivity index is 1.77. The number of hydrogen-bond acceptors (Lipinski definition) is 5. The van der Waals surface area contributed by atoms with E-state index in [4.69, 9.17) is 4.74 Å². The van der Waals surface area contributed by atoms with Gasteiger partial charge in [0.05, 0.1) is 19.2 Å². The Bertz CT molecular complexity index is 802. The van der Waals surface area contributed by atoms with Crippen molar-refractivity contribution in [2.45, 2.75) is 18.5 Å². The zero-order valence-corrected chi connectivity index (χ0v) is 12.8. The Morgan fingerprint density at radius 2 is 2.13 bits per heavy atom. The zero-order valence-electron chi connectivity index (χ0n) is 12.8. The van der Waals surface area contributed by atoms with E-state index in [0.29, 0.717) is 0 Å². The van der Waals surface area contributed by atoms with Crippen LogP contribution in [0.5, 0.6) is 5.75 Å². The number of methoxy groups -OCH3 is 1. The second kappa shape index (κ2) is 5.72. The first-order chi connectivity index (χ1) is 11.4. The number of benzene rings is 1. The number of nitrogens with zero attached hydrogens (tertiary/aromatic N) is 4. The number of anilines is 1. The van der Waals surface area contributed by atoms with E-state index in [1.807, 2.05) is 35.1 Å². The first-order valence-electron chi connectivity index (χ1n) is 7.55. The number of rotatable bonds is 3. The molecule has 116 valence electrons. The molecule has 0 spiro atoms. The van der Waals surface area contributed by atoms with E-state index < -0.39 is 0 Å². The second-order valence-electron chi connectivity index (χ2n) is 5.50. The molecule has 2 atom stereocenters. The van der Waals surface area contributed by atoms with Crippen LogP contribution in [0.2, 0.25) is 0 Å². The van der Waals surface area contributed by atoms with E-state index in [2.05, 4.69) is 32.5 Å². The lowest BCUT2D eigenvalue weighted by Crippen LogP contribution is -2.28. The molecule has 4 rings (SSSR count). The highest BCUT2D eigenvalue weighted by atomic mass is 16.5. The van der Waals surface area contributed by atoms with Crippen molar-refractivity contribution in [3.8, 4) is 5.75 Å². The van der Waals surface area contributed by atoms with Gasteiger partial charge in [-0.2, -0.15) is 10.1 Å². The first-order valence-corrected chi connectivity index (χ1v) is 7.55. The highest BCUT2D eigenvalue weighted by Crippen LogP contribution is 2.39. The fraction of sp³-hybridized carbons (Fsp3) is 0.235. The van der Waals surface area contributed by atoms with Crippen molar-refractivity contribution >= 4 is 5.95 Å². The Labute approximate surface area is 134 Å². The molecule has 0 bridgehead atoms. The standard InChI is InChI=1S/C17H17N5O/c1-23-16-7-3-2-6-13(16)15-9-14(12-5-4-8-18-10-12)21-17-19-11-20-22(15)17/h2-8,10-11,14-15H,9H2,1H3,(H,19,20,21)/t14-,15+/m1/s1. The summed E-state index contributed by atoms with van der Waals surface area (Å²) in [6.45, 7) is 0. The van der Waals surface area contributed by atoms with E-state index in [0.717, 1.165) is 29.2 Å². The molecule has 0 aliphatic carbocycles. The number of ether oxygens (including phenoxy) is 1. The molecule has 23 heavy (non-hydrogen) atoms. The molecule has 1 aliphatic heterocycles. The topological polar surface area (TPSA) is 64.9 Å². The van der Waals surface area contributed by atoms with Gasteiger partial charge in [-0.05, 0) is 24.1 Å². The van der Waals surface area contributed by atoms with Crippen LogP contribution in [0.1, 0.15) is 29.6 Å². The van der Waals surface area contributed by atoms with Gasteiger partial charge in [0.15, 0.2) is 0 Å². The quantitative estimate of drug-likeness (QED) is 0.806. The van der Waals surface area contributed by atoms with Gasteiger partial charge < -0.3 is 10.1 Å². The van der Waals surface area contributed by atoms with Gasteiger partial charge >= 0.3 is 0 Å². The molecule has 0 amide bonds. The van der Waals surface area contributed by atoms with Crippen molar-refractivity contribution in [1.29, 1.82) is 0 Å². The van der Waals surface area contributed by atoms with E-state index >= 15 is 0 Å². The summed E-state index contributed by atoms with van der Waals surface area (Å²) in [5.41, 5.74) is 2.25. The molecular weight excluding hydrogens is 290 g/mol. The number of fused-ring (bicyclic) bond motifs is 1. The maximum absolute atomic E-state index is 5.54. The summed E-state index contributed by atoms with van der Waals surface area (Å²) in [7, 11) is 1.70. The highest BCUT2D eigenvalue weighted by molar-refractivity contribution is 5.42. The van der Waals surface area contributed by atoms with Crippen LogP contribution in [0.25, 0.3) is 0 Å². The summed E-state index contributed by atoms with van der Waals surface area (Å²) in [5, 5.41) is 7.83. The molecule has 0 unspecified atom stereocenters. The molecule has 0 saturated carbocycles. The molecule has 6 nitrogen and oxygen atoms in total. The molecule has 1 aliphatic rings. The van der Waals surface area contributed by atoms with Gasteiger partial charge in [0.2, 0.25) is 5.95 Å². The van der Waals surface area contributed by atoms with Crippen molar-refractivity contribution in [3.05, 3.63) is 66.2 Å². The minimum absolute atomic E-state index is 0.0649. The van der Waals surface area contributed by atoms with Crippen LogP contribution < -0.4 is 10.1 Å². The fourth-order valence-electron chi connectivity index (χ4n) is 3.12. The van der Waals surface area contributed by atoms with E-state index in [-0.39, 0.29) is 12.1 Å². The molecule has 1 N–H and O–H groups in total. The first kappa shape index (κ1) is 13.8. The lowest BCUT2D eigenvalue weighted by molar-refractivity contribution is 0.380. The van der Waals surface area contributed by atoms with Gasteiger partial charge in [0.25, 0.3) is 0 Å². The summed E-state index contributed by atoms with van der Waals surface area (Å²) in [5.74, 6) is 1.63. The van der Waals surface area contributed by atoms with Crippen molar-refractivity contribution in [3.63, 3.8) is 0 Å². The van der Waals surface area contributed by atoms with Gasteiger partial charge in [-0.15, -0.1) is 0 Å². The Morgan fingerprint density at radius 3 is 2.96 bits per heavy atom. The smallest absolute Gasteiger partial charge is 0.222 e. The van der Waals surface area contributed by atoms with Crippen LogP contribution in [0.3, 0.4) is 0 Å². The zero-order chi connectivity index (χ0) is 15.6. The maximum Gasteiger partial charge on any atom is 0.222 e. The van der Waals surface area contributed by atoms with Crippen LogP contribution in [0, 0.1) is 0 Å². The summed E-state index contributed by atoms with van der Waals surface area (Å²) in [6, 6.07) is 12.3. The van der Waals surface area contributed by atoms with Crippen LogP contribution >= 0.6 is 0 Å². The highest BCUT2D eigenvalue weighted by Gasteiger charge is 2.31. The molecule has 0 fully saturated rings. The molecule has 6 heteroatoms. The minimum Gasteiger partial charge on any atom is -0.496 e. The molecule has 1 aromatic carbocycles. The van der Waals surface area contributed by atoms with Crippen LogP contribution in [-0.2, 0) is 0 Å². The van der Waals surface area contributed by atoms with Crippen LogP contribution in [0.4, 0.5) is 5.95 Å². The third-order valence-corrected chi connectivity index (χ3v) is 4.22. The average Bonchev–Trinajstić information content (AvgIpc) is 3.10. The lowest BCUT2D eigenvalue weighted by Gasteiger charge is -2.32. The third kappa shape index (κ3) is 2.42. The van der Waals surface area contributed by atoms with Crippen LogP contribution in [-0.4, -0.2) is 26.9 Å². The number of nitrogens with one attached hydrogen (secondary N) is 1. The summed E-state index contributed by atoms with van der Waals surface area (Å²) in [4.78, 5) is 8.57. The molecule has 3 heterocycles. The van der Waals surface area contributed by atoms with Gasteiger partial charge in [0.1, 0.15) is 12.1 Å². The maximum atomic E-state index is 5.54. The Morgan fingerprint density at radius 1 is 1.22 bits per heavy atom. The van der Waals surface area contributed by atoms with Crippen LogP contribution in [0.15, 0.2) is 55.1 Å². The van der Waals surface area contributed by atoms with Gasteiger partial charge in [-0.1, -0.05) is 24.3 Å². The van der Waals surface area contributed by atoms with Crippen molar-refractivity contribution in [2.24, 2.45) is 0 Å². The largest absolute Gasteiger partial charge is 0.496 e. The minimum atomic E-state index is 0.0649. The van der Waals surface area contributed by atoms with Gasteiger partial charge in [0, 0.05) is 18.0 Å². The number of aromatic nitrogens is 4. The number of pyridine rings is 1. The number of hydrogen-bond donors (Lipinski definition) is 1. The monoisotopic (exact) mass is 307 g/mol. The second-order valence-corrected chi connectivity index (χ2v) is 5.50. The average molecular weight is 307 g/mol. The van der Waals surface area contributed by atoms with Gasteiger partial charge in [-0.25, -0.2) is 4.68 Å². The molecule has 0 saturated heterocycles. The van der Waals surface area contributed by atoms with Crippen molar-refractivity contribution < 1.29 is 4.74 Å². The number of para-hydroxylation sites is 1. The van der Waals surface area contributed by atoms with Crippen molar-refractivity contribution in [1.82, 2.24) is 19.7 Å². The Hall–Kier alpha value is -2.89. The molecule has 0 radical (unpaired) electrons. The molecular formula is C17H17N5O. The van der Waals surface area contributed by atoms with E-state index in [1.165, 1.54) is 0 Å². The molecule has 2 aromatic heterocycles. The van der Waals surface area contributed by atoms with E-state index in [9.17, 15) is 0 Å². The fourth-order valence-corrected chi connectivity index (χ4v) is 3.12. The van der Waals surface area contributed by atoms with Crippen molar-refractivity contribution in [2.75, 3.05) is 12.4 Å². The van der Waals surface area contributed by atoms with E-state index in [1.54, 1.807) is 19.6 Å². The Kier molecular flexibility index (Phi) is 3.42. The molecule has 3 aromatic rings. The SMILES string of the molecule is COc1ccccc1[C@@H]1C[C@H](c2cccnc2)Nc2ncnn21. The lowest BCUT2D eigenvalue weighted by atomic mass is 9.93. The summed E-state index contributed by atoms with van der Waals surface area (Å²) < 4.78 is 7.46. The summed E-state index contributed by atoms with van der Waals surface area (Å²) in [6.07, 6.45) is 6.11. The predicted molar refractivity (Wildman–Crippen MR) is 86.4 cm³/mol. The predicted octanol–water partition coefficient (Wildman–Crippen LogP) is 2.83. The van der Waals surface area contributed by atoms with Gasteiger partial charge in [-0.3, -0.25) is 4.98 Å². The third-order valence-electron chi connectivity index (χ3n) is 4.22. The summed E-state index contributed by atoms with van der Waals surface area (Å²) >= 11 is 0.